The van der Waals surface area contributed by atoms with Crippen LogP contribution < -0.4 is 20.7 Å². The van der Waals surface area contributed by atoms with Gasteiger partial charge in [0.2, 0.25) is 0 Å². The summed E-state index contributed by atoms with van der Waals surface area (Å²) in [5.74, 6) is -0.440. The van der Waals surface area contributed by atoms with Crippen LogP contribution >= 0.6 is 47.0 Å². The van der Waals surface area contributed by atoms with Crippen LogP contribution in [0.25, 0.3) is 0 Å². The van der Waals surface area contributed by atoms with Crippen molar-refractivity contribution in [2.24, 2.45) is 0 Å². The largest absolute Gasteiger partial charge is 0.494 e. The van der Waals surface area contributed by atoms with E-state index >= 15 is 0 Å². The molecule has 0 atom stereocenters. The van der Waals surface area contributed by atoms with Crippen molar-refractivity contribution in [2.75, 3.05) is 17.7 Å². The number of thiocarbonyl (C=S) groups is 1. The van der Waals surface area contributed by atoms with Crippen LogP contribution in [-0.2, 0) is 0 Å². The number of carbonyl (C=O) groups excluding carboxylic acids is 2. The van der Waals surface area contributed by atoms with E-state index in [4.69, 9.17) is 51.8 Å². The van der Waals surface area contributed by atoms with E-state index in [0.717, 1.165) is 0 Å². The number of hydrogen-bond donors (Lipinski definition) is 3. The fourth-order valence-corrected chi connectivity index (χ4v) is 3.41. The second kappa shape index (κ2) is 10.7. The molecule has 32 heavy (non-hydrogen) atoms. The molecule has 0 saturated heterocycles. The number of hydrogen-bond acceptors (Lipinski definition) is 4. The first-order valence-electron chi connectivity index (χ1n) is 9.10. The minimum absolute atomic E-state index is 0.0657. The molecule has 3 N–H and O–H groups in total. The molecule has 10 heteroatoms. The first-order chi connectivity index (χ1) is 15.3. The van der Waals surface area contributed by atoms with Crippen LogP contribution in [0.15, 0.2) is 60.7 Å². The lowest BCUT2D eigenvalue weighted by Gasteiger charge is -2.14. The number of ether oxygens (including phenoxy) is 1. The van der Waals surface area contributed by atoms with E-state index in [1.54, 1.807) is 42.5 Å². The molecule has 3 aromatic carbocycles. The average Bonchev–Trinajstić information content (AvgIpc) is 2.76. The maximum atomic E-state index is 12.5. The van der Waals surface area contributed by atoms with Gasteiger partial charge in [0.15, 0.2) is 5.11 Å². The predicted octanol–water partition coefficient (Wildman–Crippen LogP) is 6.03. The maximum absolute atomic E-state index is 12.5. The minimum Gasteiger partial charge on any atom is -0.494 e. The van der Waals surface area contributed by atoms with Gasteiger partial charge in [-0.3, -0.25) is 14.9 Å². The van der Waals surface area contributed by atoms with Crippen molar-refractivity contribution in [3.8, 4) is 5.75 Å². The Hall–Kier alpha value is -2.84. The molecule has 0 saturated carbocycles. The fraction of sp³-hybridized carbons (Fsp3) is 0.0455. The summed E-state index contributed by atoms with van der Waals surface area (Å²) in [5, 5.41) is 9.22. The number of anilines is 2. The van der Waals surface area contributed by atoms with Crippen LogP contribution in [0, 0.1) is 0 Å². The van der Waals surface area contributed by atoms with Gasteiger partial charge < -0.3 is 15.4 Å². The molecule has 2 amide bonds. The molecule has 3 rings (SSSR count). The average molecular weight is 509 g/mol. The van der Waals surface area contributed by atoms with E-state index in [-0.39, 0.29) is 16.0 Å². The van der Waals surface area contributed by atoms with E-state index in [1.807, 2.05) is 0 Å². The molecular weight excluding hydrogens is 493 g/mol. The summed E-state index contributed by atoms with van der Waals surface area (Å²) in [6, 6.07) is 16.1. The van der Waals surface area contributed by atoms with Gasteiger partial charge in [-0.25, -0.2) is 0 Å². The molecule has 164 valence electrons. The highest BCUT2D eigenvalue weighted by Gasteiger charge is 2.14. The molecule has 0 spiro atoms. The Labute approximate surface area is 204 Å². The summed E-state index contributed by atoms with van der Waals surface area (Å²) in [4.78, 5) is 24.9. The molecule has 0 aliphatic carbocycles. The van der Waals surface area contributed by atoms with Crippen molar-refractivity contribution >= 4 is 75.3 Å². The second-order valence-corrected chi connectivity index (χ2v) is 8.02. The van der Waals surface area contributed by atoms with E-state index in [2.05, 4.69) is 16.0 Å². The molecule has 0 radical (unpaired) electrons. The van der Waals surface area contributed by atoms with Crippen LogP contribution in [-0.4, -0.2) is 24.0 Å². The lowest BCUT2D eigenvalue weighted by Crippen LogP contribution is -2.34. The first kappa shape index (κ1) is 23.8. The molecule has 0 unspecified atom stereocenters. The summed E-state index contributed by atoms with van der Waals surface area (Å²) in [6.45, 7) is 0. The Kier molecular flexibility index (Phi) is 7.93. The number of carbonyl (C=O) groups is 2. The number of amides is 2. The topological polar surface area (TPSA) is 79.5 Å². The van der Waals surface area contributed by atoms with Crippen molar-refractivity contribution in [1.29, 1.82) is 0 Å². The Balaban J connectivity index is 1.68. The molecule has 0 heterocycles. The number of nitrogens with one attached hydrogen (secondary N) is 3. The van der Waals surface area contributed by atoms with Crippen molar-refractivity contribution in [2.45, 2.75) is 0 Å². The third-order valence-corrected chi connectivity index (χ3v) is 5.51. The van der Waals surface area contributed by atoms with Crippen molar-refractivity contribution in [3.05, 3.63) is 86.9 Å². The highest BCUT2D eigenvalue weighted by molar-refractivity contribution is 7.80. The van der Waals surface area contributed by atoms with Gasteiger partial charge in [0.1, 0.15) is 5.75 Å². The normalized spacial score (nSPS) is 10.2. The number of rotatable bonds is 5. The van der Waals surface area contributed by atoms with Gasteiger partial charge >= 0.3 is 0 Å². The molecular formula is C22H16Cl3N3O3S. The monoisotopic (exact) mass is 507 g/mol. The van der Waals surface area contributed by atoms with E-state index < -0.39 is 5.91 Å². The maximum Gasteiger partial charge on any atom is 0.257 e. The summed E-state index contributed by atoms with van der Waals surface area (Å²) < 4.78 is 5.36. The van der Waals surface area contributed by atoms with Crippen molar-refractivity contribution in [1.82, 2.24) is 5.32 Å². The zero-order valence-electron chi connectivity index (χ0n) is 16.5. The van der Waals surface area contributed by atoms with Crippen LogP contribution in [0.2, 0.25) is 15.1 Å². The SMILES string of the molecule is COc1cc(NC(=S)NC(=O)c2ccc(Cl)c(Cl)c2)ccc1NC(=O)c1ccccc1Cl. The predicted molar refractivity (Wildman–Crippen MR) is 133 cm³/mol. The van der Waals surface area contributed by atoms with Gasteiger partial charge in [-0.15, -0.1) is 0 Å². The highest BCUT2D eigenvalue weighted by Crippen LogP contribution is 2.29. The molecule has 0 aliphatic heterocycles. The van der Waals surface area contributed by atoms with E-state index in [1.165, 1.54) is 25.3 Å². The molecule has 3 aromatic rings. The zero-order valence-corrected chi connectivity index (χ0v) is 19.6. The van der Waals surface area contributed by atoms with Crippen molar-refractivity contribution in [3.63, 3.8) is 0 Å². The Morgan fingerprint density at radius 2 is 1.59 bits per heavy atom. The number of methoxy groups -OCH3 is 1. The highest BCUT2D eigenvalue weighted by atomic mass is 35.5. The minimum atomic E-state index is -0.448. The van der Waals surface area contributed by atoms with Gasteiger partial charge in [-0.05, 0) is 54.7 Å². The lowest BCUT2D eigenvalue weighted by molar-refractivity contribution is 0.0976. The lowest BCUT2D eigenvalue weighted by atomic mass is 10.2. The summed E-state index contributed by atoms with van der Waals surface area (Å²) in [6.07, 6.45) is 0. The smallest absolute Gasteiger partial charge is 0.257 e. The standard InChI is InChI=1S/C22H16Cl3N3O3S/c1-31-19-11-13(7-9-18(19)27-21(30)14-4-2-3-5-15(14)23)26-22(32)28-20(29)12-6-8-16(24)17(25)10-12/h2-11H,1H3,(H,27,30)(H2,26,28,29,32). The number of benzene rings is 3. The summed E-state index contributed by atoms with van der Waals surface area (Å²) in [7, 11) is 1.47. The van der Waals surface area contributed by atoms with Gasteiger partial charge in [0, 0.05) is 17.3 Å². The summed E-state index contributed by atoms with van der Waals surface area (Å²) in [5.41, 5.74) is 1.62. The fourth-order valence-electron chi connectivity index (χ4n) is 2.68. The van der Waals surface area contributed by atoms with Crippen LogP contribution in [0.3, 0.4) is 0 Å². The van der Waals surface area contributed by atoms with Crippen LogP contribution in [0.4, 0.5) is 11.4 Å². The Bertz CT molecular complexity index is 1200. The van der Waals surface area contributed by atoms with Gasteiger partial charge in [0.05, 0.1) is 33.4 Å². The van der Waals surface area contributed by atoms with E-state index in [9.17, 15) is 9.59 Å². The first-order valence-corrected chi connectivity index (χ1v) is 10.6. The second-order valence-electron chi connectivity index (χ2n) is 6.39. The molecule has 0 fully saturated rings. The van der Waals surface area contributed by atoms with Crippen LogP contribution in [0.5, 0.6) is 5.75 Å². The quantitative estimate of drug-likeness (QED) is 0.367. The van der Waals surface area contributed by atoms with Gasteiger partial charge in [-0.2, -0.15) is 0 Å². The third-order valence-electron chi connectivity index (χ3n) is 4.23. The van der Waals surface area contributed by atoms with Gasteiger partial charge in [-0.1, -0.05) is 46.9 Å². The molecule has 0 aliphatic rings. The van der Waals surface area contributed by atoms with Gasteiger partial charge in [0.25, 0.3) is 11.8 Å². The molecule has 0 bridgehead atoms. The molecule has 0 aromatic heterocycles. The van der Waals surface area contributed by atoms with Crippen molar-refractivity contribution < 1.29 is 14.3 Å². The Morgan fingerprint density at radius 1 is 0.844 bits per heavy atom. The Morgan fingerprint density at radius 3 is 2.28 bits per heavy atom. The van der Waals surface area contributed by atoms with E-state index in [0.29, 0.717) is 38.3 Å². The molecule has 6 nitrogen and oxygen atoms in total. The van der Waals surface area contributed by atoms with Crippen LogP contribution in [0.1, 0.15) is 20.7 Å². The third kappa shape index (κ3) is 5.89. The summed E-state index contributed by atoms with van der Waals surface area (Å²) >= 11 is 23.1. The number of halogens is 3. The zero-order chi connectivity index (χ0) is 23.3.